The molecule has 0 aliphatic rings. The Balaban J connectivity index is 1.64. The van der Waals surface area contributed by atoms with E-state index in [0.29, 0.717) is 12.2 Å². The molecule has 0 aliphatic heterocycles. The summed E-state index contributed by atoms with van der Waals surface area (Å²) in [7, 11) is -2.09. The van der Waals surface area contributed by atoms with Crippen LogP contribution in [-0.4, -0.2) is 18.7 Å². The second-order valence-electron chi connectivity index (χ2n) is 8.79. The Labute approximate surface area is 200 Å². The molecule has 0 unspecified atom stereocenters. The summed E-state index contributed by atoms with van der Waals surface area (Å²) in [6.45, 7) is 5.80. The van der Waals surface area contributed by atoms with Gasteiger partial charge in [0.1, 0.15) is 0 Å². The van der Waals surface area contributed by atoms with Crippen molar-refractivity contribution in [2.75, 3.05) is 12.8 Å². The first-order valence-electron chi connectivity index (χ1n) is 12.1. The first kappa shape index (κ1) is 24.9. The summed E-state index contributed by atoms with van der Waals surface area (Å²) in [5.74, 6) is -0.279. The van der Waals surface area contributed by atoms with Crippen molar-refractivity contribution >= 4 is 29.1 Å². The van der Waals surface area contributed by atoms with E-state index in [9.17, 15) is 4.79 Å². The summed E-state index contributed by atoms with van der Waals surface area (Å²) < 4.78 is 5.19. The van der Waals surface area contributed by atoms with E-state index in [4.69, 9.17) is 4.74 Å². The Bertz CT molecular complexity index is 887. The second-order valence-corrected chi connectivity index (χ2v) is 12.8. The molecule has 0 amide bonds. The molecule has 0 N–H and O–H groups in total. The van der Waals surface area contributed by atoms with Gasteiger partial charge >= 0.3 is 200 Å². The number of benzene rings is 3. The summed E-state index contributed by atoms with van der Waals surface area (Å²) in [5.41, 5.74) is 0.470. The van der Waals surface area contributed by atoms with Crippen LogP contribution in [0.3, 0.4) is 0 Å². The number of carbonyl (C=O) groups is 1. The van der Waals surface area contributed by atoms with Crippen LogP contribution in [0.2, 0.25) is 0 Å². The average Bonchev–Trinajstić information content (AvgIpc) is 2.87. The first-order chi connectivity index (χ1) is 16.1. The van der Waals surface area contributed by atoms with Crippen LogP contribution in [0.25, 0.3) is 0 Å². The van der Waals surface area contributed by atoms with E-state index in [1.807, 2.05) is 0 Å². The zero-order chi connectivity index (χ0) is 23.4. The monoisotopic (exact) mass is 460 g/mol. The number of hydrogen-bond donors (Lipinski definition) is 0. The number of esters is 1. The van der Waals surface area contributed by atoms with Crippen molar-refractivity contribution in [1.29, 1.82) is 0 Å². The number of carbonyl (C=O) groups excluding carboxylic acids is 1. The zero-order valence-electron chi connectivity index (χ0n) is 19.8. The van der Waals surface area contributed by atoms with Crippen LogP contribution in [0.1, 0.15) is 45.4 Å². The van der Waals surface area contributed by atoms with Gasteiger partial charge in [-0.3, -0.25) is 0 Å². The van der Waals surface area contributed by atoms with Gasteiger partial charge < -0.3 is 0 Å². The van der Waals surface area contributed by atoms with Gasteiger partial charge in [-0.1, -0.05) is 0 Å². The predicted octanol–water partition coefficient (Wildman–Crippen LogP) is 6.17. The molecular weight excluding hydrogens is 423 g/mol. The predicted molar refractivity (Wildman–Crippen MR) is 145 cm³/mol. The van der Waals surface area contributed by atoms with Gasteiger partial charge in [0.25, 0.3) is 0 Å². The van der Waals surface area contributed by atoms with E-state index < -0.39 is 7.26 Å². The van der Waals surface area contributed by atoms with E-state index in [1.165, 1.54) is 47.8 Å². The van der Waals surface area contributed by atoms with Crippen molar-refractivity contribution in [3.8, 4) is 0 Å². The van der Waals surface area contributed by atoms with Crippen LogP contribution in [0.4, 0.5) is 0 Å². The summed E-state index contributed by atoms with van der Waals surface area (Å²) >= 11 is 0. The molecular formula is C30H37O2P. The van der Waals surface area contributed by atoms with Crippen molar-refractivity contribution in [1.82, 2.24) is 0 Å². The maximum absolute atomic E-state index is 11.4. The molecule has 2 nitrogen and oxygen atoms in total. The van der Waals surface area contributed by atoms with Crippen molar-refractivity contribution in [3.63, 3.8) is 0 Å². The molecule has 0 spiro atoms. The number of unbranched alkanes of at least 4 members (excludes halogenated alkanes) is 5. The van der Waals surface area contributed by atoms with Gasteiger partial charge in [0.2, 0.25) is 0 Å². The number of rotatable bonds is 13. The fourth-order valence-corrected chi connectivity index (χ4v) is 9.52. The van der Waals surface area contributed by atoms with Crippen molar-refractivity contribution < 1.29 is 9.53 Å². The molecule has 0 aromatic heterocycles. The molecule has 0 radical (unpaired) electrons. The molecule has 33 heavy (non-hydrogen) atoms. The number of hydrogen-bond acceptors (Lipinski definition) is 2. The van der Waals surface area contributed by atoms with Crippen LogP contribution in [-0.2, 0) is 9.53 Å². The Morgan fingerprint density at radius 3 is 1.48 bits per heavy atom. The van der Waals surface area contributed by atoms with Gasteiger partial charge in [-0.05, 0) is 0 Å². The fourth-order valence-electron chi connectivity index (χ4n) is 4.59. The molecule has 0 bridgehead atoms. The molecule has 3 rings (SSSR count). The molecule has 0 fully saturated rings. The van der Waals surface area contributed by atoms with Gasteiger partial charge in [0.15, 0.2) is 0 Å². The molecule has 0 saturated heterocycles. The Morgan fingerprint density at radius 2 is 1.06 bits per heavy atom. The van der Waals surface area contributed by atoms with Crippen LogP contribution in [0.15, 0.2) is 103 Å². The standard InChI is InChI=1S/C30H37O2P/c1-26(2)30(31)32-24-16-5-3-4-6-17-25-33(27-18-10-7-11-19-27,28-20-12-8-13-21-28)29-22-14-9-15-23-29/h7-15,18-23,33H,1,3-6,16-17,24-25H2,2H3. The van der Waals surface area contributed by atoms with Crippen molar-refractivity contribution in [2.45, 2.75) is 45.4 Å². The molecule has 3 aromatic carbocycles. The minimum absolute atomic E-state index is 0.279. The minimum atomic E-state index is -2.09. The third-order valence-electron chi connectivity index (χ3n) is 6.33. The zero-order valence-corrected chi connectivity index (χ0v) is 20.8. The molecule has 0 aliphatic carbocycles. The number of ether oxygens (including phenoxy) is 1. The van der Waals surface area contributed by atoms with E-state index in [-0.39, 0.29) is 5.97 Å². The molecule has 0 saturated carbocycles. The van der Waals surface area contributed by atoms with E-state index in [1.54, 1.807) is 6.92 Å². The van der Waals surface area contributed by atoms with E-state index >= 15 is 0 Å². The van der Waals surface area contributed by atoms with Crippen molar-refractivity contribution in [2.24, 2.45) is 0 Å². The molecule has 0 atom stereocenters. The summed E-state index contributed by atoms with van der Waals surface area (Å²) in [5, 5.41) is 4.46. The Morgan fingerprint density at radius 1 is 0.667 bits per heavy atom. The van der Waals surface area contributed by atoms with E-state index in [0.717, 1.165) is 12.8 Å². The summed E-state index contributed by atoms with van der Waals surface area (Å²) in [6.07, 6.45) is 8.08. The maximum atomic E-state index is 11.4. The Kier molecular flexibility index (Phi) is 9.91. The normalized spacial score (nSPS) is 11.7. The van der Waals surface area contributed by atoms with Crippen LogP contribution >= 0.6 is 7.26 Å². The van der Waals surface area contributed by atoms with Gasteiger partial charge in [0.05, 0.1) is 0 Å². The van der Waals surface area contributed by atoms with Gasteiger partial charge in [-0.25, -0.2) is 0 Å². The second kappa shape index (κ2) is 13.1. The van der Waals surface area contributed by atoms with Gasteiger partial charge in [-0.2, -0.15) is 0 Å². The van der Waals surface area contributed by atoms with Crippen LogP contribution in [0, 0.1) is 0 Å². The third-order valence-corrected chi connectivity index (χ3v) is 11.4. The van der Waals surface area contributed by atoms with E-state index in [2.05, 4.69) is 97.6 Å². The Hall–Kier alpha value is -2.70. The van der Waals surface area contributed by atoms with Gasteiger partial charge in [0, 0.05) is 0 Å². The van der Waals surface area contributed by atoms with Crippen molar-refractivity contribution in [3.05, 3.63) is 103 Å². The van der Waals surface area contributed by atoms with Crippen LogP contribution < -0.4 is 15.9 Å². The summed E-state index contributed by atoms with van der Waals surface area (Å²) in [6, 6.07) is 33.4. The fraction of sp³-hybridized carbons (Fsp3) is 0.300. The quantitative estimate of drug-likeness (QED) is 0.132. The molecule has 174 valence electrons. The average molecular weight is 461 g/mol. The third kappa shape index (κ3) is 6.89. The van der Waals surface area contributed by atoms with Gasteiger partial charge in [-0.15, -0.1) is 0 Å². The molecule has 3 heteroatoms. The molecule has 3 aromatic rings. The van der Waals surface area contributed by atoms with Crippen LogP contribution in [0.5, 0.6) is 0 Å². The topological polar surface area (TPSA) is 26.3 Å². The summed E-state index contributed by atoms with van der Waals surface area (Å²) in [4.78, 5) is 11.4. The molecule has 0 heterocycles. The SMILES string of the molecule is C=C(C)C(=O)OCCCCCCCC[PH](c1ccccc1)(c1ccccc1)c1ccccc1. The first-order valence-corrected chi connectivity index (χ1v) is 14.3.